The molecule has 2 heterocycles. The highest BCUT2D eigenvalue weighted by atomic mass is 32.1. The van der Waals surface area contributed by atoms with E-state index in [1.807, 2.05) is 0 Å². The Balaban J connectivity index is 1.75. The third-order valence-corrected chi connectivity index (χ3v) is 4.31. The average Bonchev–Trinajstić information content (AvgIpc) is 3.23. The minimum Gasteiger partial charge on any atom is -0.295 e. The third kappa shape index (κ3) is 3.65. The van der Waals surface area contributed by atoms with E-state index in [1.165, 1.54) is 36.0 Å². The molecule has 0 saturated heterocycles. The number of benzene rings is 1. The third-order valence-electron chi connectivity index (χ3n) is 3.41. The molecule has 0 aliphatic heterocycles. The molecule has 24 heavy (non-hydrogen) atoms. The van der Waals surface area contributed by atoms with Gasteiger partial charge in [-0.25, -0.2) is 9.37 Å². The second kappa shape index (κ2) is 7.31. The SMILES string of the molecule is CCCCc1nnc(NC(=O)c2cncn2-c2ccc(F)cc2)s1. The molecular weight excluding hydrogens is 329 g/mol. The number of hydrogen-bond donors (Lipinski definition) is 1. The zero-order chi connectivity index (χ0) is 16.9. The van der Waals surface area contributed by atoms with Gasteiger partial charge in [0.15, 0.2) is 0 Å². The molecule has 8 heteroatoms. The lowest BCUT2D eigenvalue weighted by Crippen LogP contribution is -2.16. The molecule has 1 amide bonds. The van der Waals surface area contributed by atoms with Crippen LogP contribution in [0.2, 0.25) is 0 Å². The molecular formula is C16H16FN5OS. The number of halogens is 1. The maximum Gasteiger partial charge on any atom is 0.276 e. The van der Waals surface area contributed by atoms with Gasteiger partial charge >= 0.3 is 0 Å². The first-order chi connectivity index (χ1) is 11.7. The fourth-order valence-corrected chi connectivity index (χ4v) is 2.94. The van der Waals surface area contributed by atoms with Gasteiger partial charge in [0.1, 0.15) is 16.5 Å². The first-order valence-electron chi connectivity index (χ1n) is 7.59. The number of carbonyl (C=O) groups excluding carboxylic acids is 1. The van der Waals surface area contributed by atoms with Gasteiger partial charge in [-0.3, -0.25) is 14.7 Å². The van der Waals surface area contributed by atoms with Gasteiger partial charge in [-0.05, 0) is 30.7 Å². The van der Waals surface area contributed by atoms with Crippen LogP contribution in [-0.2, 0) is 6.42 Å². The molecule has 2 aromatic heterocycles. The van der Waals surface area contributed by atoms with E-state index in [1.54, 1.807) is 16.7 Å². The number of rotatable bonds is 6. The zero-order valence-electron chi connectivity index (χ0n) is 13.1. The molecule has 0 aliphatic rings. The van der Waals surface area contributed by atoms with Gasteiger partial charge in [0.2, 0.25) is 5.13 Å². The lowest BCUT2D eigenvalue weighted by Gasteiger charge is -2.07. The van der Waals surface area contributed by atoms with Crippen molar-refractivity contribution in [3.8, 4) is 5.69 Å². The number of anilines is 1. The van der Waals surface area contributed by atoms with Crippen molar-refractivity contribution in [3.63, 3.8) is 0 Å². The van der Waals surface area contributed by atoms with E-state index in [4.69, 9.17) is 0 Å². The number of carbonyl (C=O) groups is 1. The van der Waals surface area contributed by atoms with E-state index in [0.717, 1.165) is 24.3 Å². The van der Waals surface area contributed by atoms with Crippen molar-refractivity contribution in [1.29, 1.82) is 0 Å². The van der Waals surface area contributed by atoms with Gasteiger partial charge in [0.25, 0.3) is 5.91 Å². The molecule has 0 unspecified atom stereocenters. The highest BCUT2D eigenvalue weighted by Gasteiger charge is 2.15. The predicted molar refractivity (Wildman–Crippen MR) is 90.0 cm³/mol. The van der Waals surface area contributed by atoms with Crippen LogP contribution in [-0.4, -0.2) is 25.7 Å². The Kier molecular flexibility index (Phi) is 4.95. The molecule has 0 radical (unpaired) electrons. The Morgan fingerprint density at radius 3 is 2.83 bits per heavy atom. The molecule has 0 bridgehead atoms. The van der Waals surface area contributed by atoms with E-state index in [0.29, 0.717) is 16.5 Å². The average molecular weight is 345 g/mol. The molecule has 124 valence electrons. The first-order valence-corrected chi connectivity index (χ1v) is 8.41. The second-order valence-electron chi connectivity index (χ2n) is 5.18. The number of nitrogens with one attached hydrogen (secondary N) is 1. The molecule has 3 aromatic rings. The molecule has 0 fully saturated rings. The topological polar surface area (TPSA) is 72.7 Å². The summed E-state index contributed by atoms with van der Waals surface area (Å²) in [7, 11) is 0. The maximum absolute atomic E-state index is 13.0. The van der Waals surface area contributed by atoms with Gasteiger partial charge in [-0.1, -0.05) is 24.7 Å². The highest BCUT2D eigenvalue weighted by Crippen LogP contribution is 2.19. The predicted octanol–water partition coefficient (Wildman–Crippen LogP) is 3.46. The molecule has 1 aromatic carbocycles. The maximum atomic E-state index is 13.0. The van der Waals surface area contributed by atoms with Crippen LogP contribution in [0.15, 0.2) is 36.8 Å². The molecule has 0 aliphatic carbocycles. The molecule has 3 rings (SSSR count). The van der Waals surface area contributed by atoms with Crippen molar-refractivity contribution in [2.45, 2.75) is 26.2 Å². The fraction of sp³-hybridized carbons (Fsp3) is 0.250. The van der Waals surface area contributed by atoms with Crippen LogP contribution < -0.4 is 5.32 Å². The summed E-state index contributed by atoms with van der Waals surface area (Å²) in [6.07, 6.45) is 5.95. The summed E-state index contributed by atoms with van der Waals surface area (Å²) in [5.74, 6) is -0.673. The van der Waals surface area contributed by atoms with Crippen LogP contribution in [0, 0.1) is 5.82 Å². The smallest absolute Gasteiger partial charge is 0.276 e. The van der Waals surface area contributed by atoms with Crippen LogP contribution in [0.1, 0.15) is 35.3 Å². The Hall–Kier alpha value is -2.61. The van der Waals surface area contributed by atoms with Crippen molar-refractivity contribution in [1.82, 2.24) is 19.7 Å². The monoisotopic (exact) mass is 345 g/mol. The van der Waals surface area contributed by atoms with Gasteiger partial charge < -0.3 is 0 Å². The van der Waals surface area contributed by atoms with E-state index in [9.17, 15) is 9.18 Å². The molecule has 0 atom stereocenters. The summed E-state index contributed by atoms with van der Waals surface area (Å²) < 4.78 is 14.6. The Labute approximate surface area is 142 Å². The highest BCUT2D eigenvalue weighted by molar-refractivity contribution is 7.15. The van der Waals surface area contributed by atoms with Crippen LogP contribution in [0.4, 0.5) is 9.52 Å². The minimum absolute atomic E-state index is 0.335. The van der Waals surface area contributed by atoms with Crippen LogP contribution in [0.3, 0.4) is 0 Å². The van der Waals surface area contributed by atoms with Crippen molar-refractivity contribution in [2.24, 2.45) is 0 Å². The number of imidazole rings is 1. The fourth-order valence-electron chi connectivity index (χ4n) is 2.16. The van der Waals surface area contributed by atoms with E-state index in [2.05, 4.69) is 27.4 Å². The number of hydrogen-bond acceptors (Lipinski definition) is 5. The molecule has 1 N–H and O–H groups in total. The summed E-state index contributed by atoms with van der Waals surface area (Å²) in [4.78, 5) is 16.5. The van der Waals surface area contributed by atoms with E-state index < -0.39 is 0 Å². The summed E-state index contributed by atoms with van der Waals surface area (Å²) in [6, 6.07) is 5.84. The summed E-state index contributed by atoms with van der Waals surface area (Å²) in [5, 5.41) is 12.2. The zero-order valence-corrected chi connectivity index (χ0v) is 13.9. The lowest BCUT2D eigenvalue weighted by atomic mass is 10.3. The Morgan fingerprint density at radius 1 is 1.29 bits per heavy atom. The number of aryl methyl sites for hydroxylation is 1. The number of nitrogens with zero attached hydrogens (tertiary/aromatic N) is 4. The minimum atomic E-state index is -0.338. The van der Waals surface area contributed by atoms with Gasteiger partial charge in [0, 0.05) is 12.1 Å². The van der Waals surface area contributed by atoms with Crippen molar-refractivity contribution < 1.29 is 9.18 Å². The summed E-state index contributed by atoms with van der Waals surface area (Å²) >= 11 is 1.37. The Bertz CT molecular complexity index is 827. The quantitative estimate of drug-likeness (QED) is 0.742. The van der Waals surface area contributed by atoms with Crippen molar-refractivity contribution in [3.05, 3.63) is 53.3 Å². The van der Waals surface area contributed by atoms with Gasteiger partial charge in [-0.15, -0.1) is 10.2 Å². The summed E-state index contributed by atoms with van der Waals surface area (Å²) in [5.41, 5.74) is 0.992. The van der Waals surface area contributed by atoms with Crippen LogP contribution in [0.25, 0.3) is 5.69 Å². The Morgan fingerprint density at radius 2 is 2.08 bits per heavy atom. The standard InChI is InChI=1S/C16H16FN5OS/c1-2-3-4-14-20-21-16(24-14)19-15(23)13-9-18-10-22(13)12-7-5-11(17)6-8-12/h5-10H,2-4H2,1H3,(H,19,21,23). The summed E-state index contributed by atoms with van der Waals surface area (Å²) in [6.45, 7) is 2.11. The molecule has 6 nitrogen and oxygen atoms in total. The first kappa shape index (κ1) is 16.3. The number of unbranched alkanes of at least 4 members (excludes halogenated alkanes) is 1. The molecule has 0 spiro atoms. The van der Waals surface area contributed by atoms with E-state index in [-0.39, 0.29) is 11.7 Å². The largest absolute Gasteiger partial charge is 0.295 e. The lowest BCUT2D eigenvalue weighted by molar-refractivity contribution is 0.102. The van der Waals surface area contributed by atoms with Gasteiger partial charge in [-0.2, -0.15) is 0 Å². The molecule has 0 saturated carbocycles. The van der Waals surface area contributed by atoms with Crippen LogP contribution in [0.5, 0.6) is 0 Å². The van der Waals surface area contributed by atoms with Crippen molar-refractivity contribution >= 4 is 22.4 Å². The van der Waals surface area contributed by atoms with Gasteiger partial charge in [0.05, 0.1) is 12.5 Å². The normalized spacial score (nSPS) is 10.8. The van der Waals surface area contributed by atoms with Crippen LogP contribution >= 0.6 is 11.3 Å². The number of amides is 1. The number of aromatic nitrogens is 4. The second-order valence-corrected chi connectivity index (χ2v) is 6.25. The van der Waals surface area contributed by atoms with Crippen molar-refractivity contribution in [2.75, 3.05) is 5.32 Å². The van der Waals surface area contributed by atoms with E-state index >= 15 is 0 Å².